The van der Waals surface area contributed by atoms with Gasteiger partial charge in [0.1, 0.15) is 6.61 Å². The Morgan fingerprint density at radius 1 is 1.03 bits per heavy atom. The van der Waals surface area contributed by atoms with Gasteiger partial charge in [-0.25, -0.2) is 5.43 Å². The highest BCUT2D eigenvalue weighted by Crippen LogP contribution is 2.29. The van der Waals surface area contributed by atoms with Crippen molar-refractivity contribution in [3.8, 4) is 11.5 Å². The number of hydrogen-bond donors (Lipinski definition) is 2. The van der Waals surface area contributed by atoms with Gasteiger partial charge in [0.05, 0.1) is 19.9 Å². The number of anilines is 1. The second kappa shape index (κ2) is 10.9. The van der Waals surface area contributed by atoms with Gasteiger partial charge in [-0.15, -0.1) is 0 Å². The Morgan fingerprint density at radius 2 is 1.80 bits per heavy atom. The summed E-state index contributed by atoms with van der Waals surface area (Å²) in [4.78, 5) is 11.9. The second-order valence-corrected chi connectivity index (χ2v) is 6.71. The zero-order valence-corrected chi connectivity index (χ0v) is 17.2. The van der Waals surface area contributed by atoms with Crippen molar-refractivity contribution in [2.24, 2.45) is 5.10 Å². The molecule has 2 N–H and O–H groups in total. The fraction of sp³-hybridized carbons (Fsp3) is 0.130. The molecule has 7 heteroatoms. The van der Waals surface area contributed by atoms with E-state index in [2.05, 4.69) is 15.8 Å². The van der Waals surface area contributed by atoms with E-state index < -0.39 is 0 Å². The van der Waals surface area contributed by atoms with Crippen LogP contribution in [0.25, 0.3) is 0 Å². The molecule has 154 valence electrons. The number of benzene rings is 3. The predicted octanol–water partition coefficient (Wildman–Crippen LogP) is 4.49. The third-order valence-electron chi connectivity index (χ3n) is 4.16. The molecule has 0 spiro atoms. The summed E-state index contributed by atoms with van der Waals surface area (Å²) >= 11 is 6.16. The van der Waals surface area contributed by atoms with Crippen LogP contribution in [0.2, 0.25) is 5.02 Å². The van der Waals surface area contributed by atoms with E-state index in [0.717, 1.165) is 16.8 Å². The van der Waals surface area contributed by atoms with E-state index in [9.17, 15) is 4.79 Å². The first-order valence-electron chi connectivity index (χ1n) is 9.31. The summed E-state index contributed by atoms with van der Waals surface area (Å²) < 4.78 is 11.2. The van der Waals surface area contributed by atoms with E-state index in [-0.39, 0.29) is 12.5 Å². The minimum absolute atomic E-state index is 0.125. The van der Waals surface area contributed by atoms with Crippen LogP contribution in [0.3, 0.4) is 0 Å². The lowest BCUT2D eigenvalue weighted by Crippen LogP contribution is -2.25. The lowest BCUT2D eigenvalue weighted by molar-refractivity contribution is -0.119. The molecule has 0 bridgehead atoms. The highest BCUT2D eigenvalue weighted by molar-refractivity contribution is 6.31. The number of rotatable bonds is 9. The summed E-state index contributed by atoms with van der Waals surface area (Å²) in [5.74, 6) is 0.899. The summed E-state index contributed by atoms with van der Waals surface area (Å²) in [6, 6.07) is 22.4. The van der Waals surface area contributed by atoms with Crippen LogP contribution in [0.1, 0.15) is 11.1 Å². The molecule has 0 saturated heterocycles. The lowest BCUT2D eigenvalue weighted by atomic mass is 10.2. The number of hydrogen-bond acceptors (Lipinski definition) is 5. The molecular weight excluding hydrogens is 402 g/mol. The van der Waals surface area contributed by atoms with Crippen molar-refractivity contribution in [3.63, 3.8) is 0 Å². The van der Waals surface area contributed by atoms with E-state index in [1.807, 2.05) is 60.7 Å². The minimum Gasteiger partial charge on any atom is -0.493 e. The molecule has 3 aromatic rings. The van der Waals surface area contributed by atoms with Crippen LogP contribution in [0, 0.1) is 0 Å². The van der Waals surface area contributed by atoms with Gasteiger partial charge >= 0.3 is 0 Å². The molecule has 0 heterocycles. The average Bonchev–Trinajstić information content (AvgIpc) is 2.78. The van der Waals surface area contributed by atoms with Gasteiger partial charge in [-0.1, -0.05) is 48.0 Å². The minimum atomic E-state index is -0.248. The smallest absolute Gasteiger partial charge is 0.259 e. The van der Waals surface area contributed by atoms with Gasteiger partial charge in [-0.05, 0) is 42.0 Å². The molecule has 6 nitrogen and oxygen atoms in total. The van der Waals surface area contributed by atoms with E-state index in [0.29, 0.717) is 23.1 Å². The first-order valence-corrected chi connectivity index (χ1v) is 9.68. The highest BCUT2D eigenvalue weighted by Gasteiger charge is 2.07. The molecule has 30 heavy (non-hydrogen) atoms. The first kappa shape index (κ1) is 21.2. The molecule has 0 unspecified atom stereocenters. The van der Waals surface area contributed by atoms with Crippen LogP contribution in [0.5, 0.6) is 11.5 Å². The lowest BCUT2D eigenvalue weighted by Gasteiger charge is -2.12. The SMILES string of the molecule is COc1cc(/C=N\NC(=O)CNc2ccccc2)ccc1OCc1ccccc1Cl. The van der Waals surface area contributed by atoms with Gasteiger partial charge in [0, 0.05) is 16.3 Å². The third kappa shape index (κ3) is 6.25. The number of nitrogens with one attached hydrogen (secondary N) is 2. The molecule has 0 aliphatic heterocycles. The van der Waals surface area contributed by atoms with E-state index >= 15 is 0 Å². The first-order chi connectivity index (χ1) is 14.7. The van der Waals surface area contributed by atoms with Crippen LogP contribution >= 0.6 is 11.6 Å². The Kier molecular flexibility index (Phi) is 7.69. The molecule has 3 rings (SSSR count). The van der Waals surface area contributed by atoms with Gasteiger partial charge in [0.2, 0.25) is 0 Å². The number of carbonyl (C=O) groups excluding carboxylic acids is 1. The number of halogens is 1. The van der Waals surface area contributed by atoms with E-state index in [1.165, 1.54) is 0 Å². The molecule has 0 atom stereocenters. The van der Waals surface area contributed by atoms with Crippen LogP contribution in [0.15, 0.2) is 77.9 Å². The van der Waals surface area contributed by atoms with Crippen molar-refractivity contribution in [3.05, 3.63) is 88.9 Å². The second-order valence-electron chi connectivity index (χ2n) is 6.30. The number of amides is 1. The van der Waals surface area contributed by atoms with Gasteiger partial charge in [-0.3, -0.25) is 4.79 Å². The van der Waals surface area contributed by atoms with Crippen molar-refractivity contribution < 1.29 is 14.3 Å². The summed E-state index contributed by atoms with van der Waals surface area (Å²) in [6.45, 7) is 0.452. The molecule has 0 aliphatic rings. The van der Waals surface area contributed by atoms with E-state index in [1.54, 1.807) is 25.5 Å². The molecule has 0 aromatic heterocycles. The third-order valence-corrected chi connectivity index (χ3v) is 4.53. The summed E-state index contributed by atoms with van der Waals surface area (Å²) in [7, 11) is 1.57. The maximum absolute atomic E-state index is 11.9. The largest absolute Gasteiger partial charge is 0.493 e. The van der Waals surface area contributed by atoms with Gasteiger partial charge in [0.25, 0.3) is 5.91 Å². The molecule has 0 radical (unpaired) electrons. The Balaban J connectivity index is 1.53. The fourth-order valence-electron chi connectivity index (χ4n) is 2.61. The van der Waals surface area contributed by atoms with Crippen molar-refractivity contribution in [1.29, 1.82) is 0 Å². The molecule has 0 fully saturated rings. The number of nitrogens with zero attached hydrogens (tertiary/aromatic N) is 1. The summed E-state index contributed by atoms with van der Waals surface area (Å²) in [5, 5.41) is 7.65. The average molecular weight is 424 g/mol. The molecule has 0 saturated carbocycles. The van der Waals surface area contributed by atoms with Gasteiger partial charge in [0.15, 0.2) is 11.5 Å². The molecule has 1 amide bonds. The topological polar surface area (TPSA) is 72.0 Å². The monoisotopic (exact) mass is 423 g/mol. The maximum Gasteiger partial charge on any atom is 0.259 e. The van der Waals surface area contributed by atoms with Crippen molar-refractivity contribution >= 4 is 29.4 Å². The number of methoxy groups -OCH3 is 1. The Bertz CT molecular complexity index is 1010. The summed E-state index contributed by atoms with van der Waals surface area (Å²) in [5.41, 5.74) is 5.00. The van der Waals surface area contributed by atoms with Crippen LogP contribution < -0.4 is 20.2 Å². The Hall–Kier alpha value is -3.51. The maximum atomic E-state index is 11.9. The summed E-state index contributed by atoms with van der Waals surface area (Å²) in [6.07, 6.45) is 1.54. The molecule has 3 aromatic carbocycles. The zero-order valence-electron chi connectivity index (χ0n) is 16.5. The van der Waals surface area contributed by atoms with Gasteiger partial charge < -0.3 is 14.8 Å². The number of para-hydroxylation sites is 1. The normalized spacial score (nSPS) is 10.6. The van der Waals surface area contributed by atoms with Gasteiger partial charge in [-0.2, -0.15) is 5.10 Å². The number of ether oxygens (including phenoxy) is 2. The van der Waals surface area contributed by atoms with E-state index in [4.69, 9.17) is 21.1 Å². The Morgan fingerprint density at radius 3 is 2.57 bits per heavy atom. The number of hydrazone groups is 1. The van der Waals surface area contributed by atoms with Crippen molar-refractivity contribution in [2.75, 3.05) is 19.0 Å². The quantitative estimate of drug-likeness (QED) is 0.393. The van der Waals surface area contributed by atoms with Crippen molar-refractivity contribution in [1.82, 2.24) is 5.43 Å². The van der Waals surface area contributed by atoms with Crippen molar-refractivity contribution in [2.45, 2.75) is 6.61 Å². The Labute approximate surface area is 180 Å². The van der Waals surface area contributed by atoms with Crippen LogP contribution in [-0.2, 0) is 11.4 Å². The van der Waals surface area contributed by atoms with Crippen LogP contribution in [-0.4, -0.2) is 25.8 Å². The van der Waals surface area contributed by atoms with Crippen LogP contribution in [0.4, 0.5) is 5.69 Å². The standard InChI is InChI=1S/C23H22ClN3O3/c1-29-22-13-17(11-12-21(22)30-16-18-7-5-6-10-20(18)24)14-26-27-23(28)15-25-19-8-3-2-4-9-19/h2-14,25H,15-16H2,1H3,(H,27,28)/b26-14-. The predicted molar refractivity (Wildman–Crippen MR) is 119 cm³/mol. The number of carbonyl (C=O) groups is 1. The highest BCUT2D eigenvalue weighted by atomic mass is 35.5. The molecular formula is C23H22ClN3O3. The zero-order chi connectivity index (χ0) is 21.2. The molecule has 0 aliphatic carbocycles. The fourth-order valence-corrected chi connectivity index (χ4v) is 2.80.